The second kappa shape index (κ2) is 5.55. The summed E-state index contributed by atoms with van der Waals surface area (Å²) >= 11 is 0. The second-order valence-electron chi connectivity index (χ2n) is 5.22. The van der Waals surface area contributed by atoms with Gasteiger partial charge in [-0.15, -0.1) is 0 Å². The fraction of sp³-hybridized carbons (Fsp3) is 0.400. The average Bonchev–Trinajstić information content (AvgIpc) is 2.88. The van der Waals surface area contributed by atoms with E-state index in [1.807, 2.05) is 29.1 Å². The van der Waals surface area contributed by atoms with E-state index >= 15 is 0 Å². The molecule has 0 unspecified atom stereocenters. The van der Waals surface area contributed by atoms with Gasteiger partial charge < -0.3 is 5.73 Å². The van der Waals surface area contributed by atoms with Crippen molar-refractivity contribution in [2.45, 2.75) is 25.4 Å². The van der Waals surface area contributed by atoms with Gasteiger partial charge in [0.2, 0.25) is 0 Å². The molecule has 1 aromatic heterocycles. The molecule has 1 atom stereocenters. The number of rotatable bonds is 3. The lowest BCUT2D eigenvalue weighted by Crippen LogP contribution is -2.42. The van der Waals surface area contributed by atoms with Gasteiger partial charge in [-0.2, -0.15) is 5.10 Å². The molecule has 0 saturated carbocycles. The summed E-state index contributed by atoms with van der Waals surface area (Å²) in [5.41, 5.74) is 8.22. The molecular weight excluding hydrogens is 236 g/mol. The summed E-state index contributed by atoms with van der Waals surface area (Å²) in [7, 11) is 0. The quantitative estimate of drug-likeness (QED) is 0.911. The molecule has 0 amide bonds. The zero-order valence-corrected chi connectivity index (χ0v) is 11.1. The number of para-hydroxylation sites is 1. The Kier molecular flexibility index (Phi) is 3.62. The Labute approximate surface area is 113 Å². The monoisotopic (exact) mass is 256 g/mol. The molecule has 0 spiro atoms. The first-order valence-electron chi connectivity index (χ1n) is 6.89. The van der Waals surface area contributed by atoms with E-state index in [1.54, 1.807) is 0 Å². The summed E-state index contributed by atoms with van der Waals surface area (Å²) in [5.74, 6) is 0. The minimum absolute atomic E-state index is 0.324. The van der Waals surface area contributed by atoms with Crippen molar-refractivity contribution in [2.24, 2.45) is 5.73 Å². The van der Waals surface area contributed by atoms with E-state index in [2.05, 4.69) is 28.2 Å². The molecule has 2 heterocycles. The molecule has 1 aliphatic heterocycles. The maximum Gasteiger partial charge on any atom is 0.0769 e. The van der Waals surface area contributed by atoms with Crippen LogP contribution in [0.5, 0.6) is 0 Å². The smallest absolute Gasteiger partial charge is 0.0769 e. The molecule has 0 radical (unpaired) electrons. The molecule has 4 nitrogen and oxygen atoms in total. The third-order valence-electron chi connectivity index (χ3n) is 3.59. The number of hydrogen-bond donors (Lipinski definition) is 1. The Morgan fingerprint density at radius 2 is 2.05 bits per heavy atom. The van der Waals surface area contributed by atoms with Crippen molar-refractivity contribution in [3.05, 3.63) is 48.3 Å². The Morgan fingerprint density at radius 3 is 2.84 bits per heavy atom. The van der Waals surface area contributed by atoms with E-state index in [0.717, 1.165) is 37.4 Å². The summed E-state index contributed by atoms with van der Waals surface area (Å²) in [4.78, 5) is 2.39. The van der Waals surface area contributed by atoms with Crippen molar-refractivity contribution >= 4 is 0 Å². The molecule has 1 aliphatic rings. The third kappa shape index (κ3) is 3.03. The van der Waals surface area contributed by atoms with Crippen LogP contribution in [0.3, 0.4) is 0 Å². The molecule has 19 heavy (non-hydrogen) atoms. The van der Waals surface area contributed by atoms with Crippen LogP contribution >= 0.6 is 0 Å². The molecule has 2 aromatic rings. The minimum Gasteiger partial charge on any atom is -0.327 e. The fourth-order valence-electron chi connectivity index (χ4n) is 2.63. The summed E-state index contributed by atoms with van der Waals surface area (Å²) < 4.78 is 1.93. The van der Waals surface area contributed by atoms with E-state index in [1.165, 1.54) is 6.42 Å². The first-order valence-corrected chi connectivity index (χ1v) is 6.89. The zero-order valence-electron chi connectivity index (χ0n) is 11.1. The van der Waals surface area contributed by atoms with Gasteiger partial charge in [-0.3, -0.25) is 4.90 Å². The highest BCUT2D eigenvalue weighted by Crippen LogP contribution is 2.13. The maximum atomic E-state index is 6.01. The molecule has 1 aromatic carbocycles. The molecule has 100 valence electrons. The molecule has 0 bridgehead atoms. The second-order valence-corrected chi connectivity index (χ2v) is 5.22. The number of likely N-dealkylation sites (tertiary alicyclic amines) is 1. The van der Waals surface area contributed by atoms with Gasteiger partial charge in [-0.1, -0.05) is 18.2 Å². The predicted molar refractivity (Wildman–Crippen MR) is 76.1 cm³/mol. The van der Waals surface area contributed by atoms with Crippen molar-refractivity contribution in [3.8, 4) is 5.69 Å². The molecule has 3 rings (SSSR count). The highest BCUT2D eigenvalue weighted by molar-refractivity contribution is 5.30. The largest absolute Gasteiger partial charge is 0.327 e. The van der Waals surface area contributed by atoms with Crippen LogP contribution in [0.2, 0.25) is 0 Å². The van der Waals surface area contributed by atoms with Crippen LogP contribution in [0.1, 0.15) is 18.5 Å². The molecule has 1 fully saturated rings. The van der Waals surface area contributed by atoms with Gasteiger partial charge in [-0.25, -0.2) is 4.68 Å². The van der Waals surface area contributed by atoms with Crippen LogP contribution in [0.4, 0.5) is 0 Å². The SMILES string of the molecule is N[C@@H]1CCCN(Cc2ccn(-c3ccccc3)n2)C1. The Morgan fingerprint density at radius 1 is 1.21 bits per heavy atom. The lowest BCUT2D eigenvalue weighted by Gasteiger charge is -2.29. The van der Waals surface area contributed by atoms with Crippen LogP contribution < -0.4 is 5.73 Å². The summed E-state index contributed by atoms with van der Waals surface area (Å²) in [6, 6.07) is 12.6. The number of aromatic nitrogens is 2. The van der Waals surface area contributed by atoms with Gasteiger partial charge in [-0.05, 0) is 37.6 Å². The van der Waals surface area contributed by atoms with Gasteiger partial charge in [0, 0.05) is 25.3 Å². The maximum absolute atomic E-state index is 6.01. The molecule has 2 N–H and O–H groups in total. The van der Waals surface area contributed by atoms with Crippen LogP contribution in [0, 0.1) is 0 Å². The van der Waals surface area contributed by atoms with Gasteiger partial charge in [0.15, 0.2) is 0 Å². The number of hydrogen-bond acceptors (Lipinski definition) is 3. The van der Waals surface area contributed by atoms with Crippen LogP contribution in [-0.2, 0) is 6.54 Å². The van der Waals surface area contributed by atoms with Gasteiger partial charge in [0.25, 0.3) is 0 Å². The third-order valence-corrected chi connectivity index (χ3v) is 3.59. The van der Waals surface area contributed by atoms with E-state index < -0.39 is 0 Å². The van der Waals surface area contributed by atoms with Gasteiger partial charge in [0.05, 0.1) is 11.4 Å². The highest BCUT2D eigenvalue weighted by atomic mass is 15.3. The molecule has 4 heteroatoms. The van der Waals surface area contributed by atoms with Crippen LogP contribution in [0.15, 0.2) is 42.6 Å². The first kappa shape index (κ1) is 12.4. The van der Waals surface area contributed by atoms with Gasteiger partial charge >= 0.3 is 0 Å². The van der Waals surface area contributed by atoms with Crippen LogP contribution in [-0.4, -0.2) is 33.8 Å². The van der Waals surface area contributed by atoms with Crippen molar-refractivity contribution in [1.29, 1.82) is 0 Å². The highest BCUT2D eigenvalue weighted by Gasteiger charge is 2.17. The fourth-order valence-corrected chi connectivity index (χ4v) is 2.63. The minimum atomic E-state index is 0.324. The topological polar surface area (TPSA) is 47.1 Å². The average molecular weight is 256 g/mol. The number of nitrogens with two attached hydrogens (primary N) is 1. The summed E-state index contributed by atoms with van der Waals surface area (Å²) in [6.07, 6.45) is 4.37. The summed E-state index contributed by atoms with van der Waals surface area (Å²) in [6.45, 7) is 3.01. The molecular formula is C15H20N4. The molecule has 1 saturated heterocycles. The van der Waals surface area contributed by atoms with E-state index in [4.69, 9.17) is 5.73 Å². The molecule has 0 aliphatic carbocycles. The van der Waals surface area contributed by atoms with E-state index in [-0.39, 0.29) is 0 Å². The van der Waals surface area contributed by atoms with Crippen LogP contribution in [0.25, 0.3) is 5.69 Å². The van der Waals surface area contributed by atoms with Crippen molar-refractivity contribution in [1.82, 2.24) is 14.7 Å². The predicted octanol–water partition coefficient (Wildman–Crippen LogP) is 1.80. The standard InChI is InChI=1S/C15H20N4/c16-13-5-4-9-18(11-13)12-14-8-10-19(17-14)15-6-2-1-3-7-15/h1-3,6-8,10,13H,4-5,9,11-12,16H2/t13-/m1/s1. The van der Waals surface area contributed by atoms with Gasteiger partial charge in [0.1, 0.15) is 0 Å². The normalized spacial score (nSPS) is 20.6. The first-order chi connectivity index (χ1) is 9.31. The summed E-state index contributed by atoms with van der Waals surface area (Å²) in [5, 5.41) is 4.63. The lowest BCUT2D eigenvalue weighted by molar-refractivity contribution is 0.199. The Balaban J connectivity index is 1.68. The number of piperidine rings is 1. The van der Waals surface area contributed by atoms with Crippen molar-refractivity contribution < 1.29 is 0 Å². The Bertz CT molecular complexity index is 520. The Hall–Kier alpha value is -1.65. The van der Waals surface area contributed by atoms with Crippen molar-refractivity contribution in [3.63, 3.8) is 0 Å². The number of benzene rings is 1. The van der Waals surface area contributed by atoms with Crippen molar-refractivity contribution in [2.75, 3.05) is 13.1 Å². The number of nitrogens with zero attached hydrogens (tertiary/aromatic N) is 3. The lowest BCUT2D eigenvalue weighted by atomic mass is 10.1. The zero-order chi connectivity index (χ0) is 13.1. The van der Waals surface area contributed by atoms with E-state index in [9.17, 15) is 0 Å². The van der Waals surface area contributed by atoms with E-state index in [0.29, 0.717) is 6.04 Å².